The molecule has 124 valence electrons. The van der Waals surface area contributed by atoms with Crippen LogP contribution in [0, 0.1) is 0 Å². The fraction of sp³-hybridized carbons (Fsp3) is 0.375. The number of aromatic nitrogens is 2. The molecule has 1 atom stereocenters. The molecule has 23 heavy (non-hydrogen) atoms. The summed E-state index contributed by atoms with van der Waals surface area (Å²) in [5, 5.41) is 4.18. The largest absolute Gasteiger partial charge is 0.457 e. The molecule has 0 aliphatic rings. The highest BCUT2D eigenvalue weighted by atomic mass is 19.4. The number of hydrogen-bond donors (Lipinski definition) is 0. The smallest absolute Gasteiger partial charge is 0.416 e. The summed E-state index contributed by atoms with van der Waals surface area (Å²) in [4.78, 5) is 11.9. The van der Waals surface area contributed by atoms with Gasteiger partial charge in [0.05, 0.1) is 17.7 Å². The predicted molar refractivity (Wildman–Crippen MR) is 77.6 cm³/mol. The van der Waals surface area contributed by atoms with E-state index in [0.717, 1.165) is 12.1 Å². The first-order valence-corrected chi connectivity index (χ1v) is 7.18. The summed E-state index contributed by atoms with van der Waals surface area (Å²) < 4.78 is 44.5. The van der Waals surface area contributed by atoms with Crippen molar-refractivity contribution >= 4 is 5.97 Å². The Morgan fingerprint density at radius 2 is 1.91 bits per heavy atom. The van der Waals surface area contributed by atoms with Gasteiger partial charge in [0.15, 0.2) is 0 Å². The SMILES string of the molecule is CCn1ccc(CC(=O)O[C@H](C)c2ccc(C(F)(F)F)cc2)n1. The van der Waals surface area contributed by atoms with Gasteiger partial charge in [0, 0.05) is 12.7 Å². The summed E-state index contributed by atoms with van der Waals surface area (Å²) in [7, 11) is 0. The summed E-state index contributed by atoms with van der Waals surface area (Å²) in [5.41, 5.74) is 0.367. The molecule has 1 aromatic carbocycles. The Morgan fingerprint density at radius 3 is 2.43 bits per heavy atom. The summed E-state index contributed by atoms with van der Waals surface area (Å²) in [6, 6.07) is 6.30. The molecule has 1 heterocycles. The third-order valence-corrected chi connectivity index (χ3v) is 3.36. The molecule has 0 aliphatic heterocycles. The number of halogens is 3. The zero-order chi connectivity index (χ0) is 17.0. The molecule has 0 unspecified atom stereocenters. The number of rotatable bonds is 5. The molecule has 0 bridgehead atoms. The molecule has 7 heteroatoms. The van der Waals surface area contributed by atoms with Crippen LogP contribution in [0.2, 0.25) is 0 Å². The van der Waals surface area contributed by atoms with Crippen molar-refractivity contribution in [2.45, 2.75) is 39.1 Å². The van der Waals surface area contributed by atoms with E-state index in [-0.39, 0.29) is 6.42 Å². The highest BCUT2D eigenvalue weighted by Gasteiger charge is 2.30. The Bertz CT molecular complexity index is 663. The minimum atomic E-state index is -4.38. The van der Waals surface area contributed by atoms with Crippen LogP contribution in [0.4, 0.5) is 13.2 Å². The highest BCUT2D eigenvalue weighted by Crippen LogP contribution is 2.30. The van der Waals surface area contributed by atoms with Crippen molar-refractivity contribution in [1.82, 2.24) is 9.78 Å². The molecule has 0 saturated heterocycles. The van der Waals surface area contributed by atoms with Crippen LogP contribution in [0.1, 0.15) is 36.8 Å². The van der Waals surface area contributed by atoms with E-state index in [9.17, 15) is 18.0 Å². The lowest BCUT2D eigenvalue weighted by Gasteiger charge is -2.14. The number of carbonyl (C=O) groups excluding carboxylic acids is 1. The van der Waals surface area contributed by atoms with Gasteiger partial charge in [0.1, 0.15) is 6.10 Å². The normalized spacial score (nSPS) is 12.9. The van der Waals surface area contributed by atoms with Crippen molar-refractivity contribution in [3.05, 3.63) is 53.3 Å². The topological polar surface area (TPSA) is 44.1 Å². The quantitative estimate of drug-likeness (QED) is 0.786. The van der Waals surface area contributed by atoms with Gasteiger partial charge < -0.3 is 4.74 Å². The minimum absolute atomic E-state index is 0.0258. The first-order chi connectivity index (χ1) is 10.8. The van der Waals surface area contributed by atoms with E-state index in [1.54, 1.807) is 23.9 Å². The van der Waals surface area contributed by atoms with Gasteiger partial charge in [-0.25, -0.2) is 0 Å². The third kappa shape index (κ3) is 4.58. The van der Waals surface area contributed by atoms with Gasteiger partial charge in [-0.1, -0.05) is 12.1 Å². The first kappa shape index (κ1) is 17.1. The van der Waals surface area contributed by atoms with Crippen molar-refractivity contribution < 1.29 is 22.7 Å². The molecule has 0 N–H and O–H groups in total. The second-order valence-corrected chi connectivity index (χ2v) is 5.09. The summed E-state index contributed by atoms with van der Waals surface area (Å²) in [6.07, 6.45) is -3.21. The number of ether oxygens (including phenoxy) is 1. The Kier molecular flexibility index (Phi) is 5.08. The maximum atomic E-state index is 12.5. The van der Waals surface area contributed by atoms with Crippen LogP contribution in [0.5, 0.6) is 0 Å². The van der Waals surface area contributed by atoms with Gasteiger partial charge >= 0.3 is 12.1 Å². The summed E-state index contributed by atoms with van der Waals surface area (Å²) >= 11 is 0. The molecule has 0 amide bonds. The number of esters is 1. The van der Waals surface area contributed by atoms with Gasteiger partial charge in [0.25, 0.3) is 0 Å². The second kappa shape index (κ2) is 6.85. The van der Waals surface area contributed by atoms with Crippen molar-refractivity contribution in [2.24, 2.45) is 0 Å². The molecular formula is C16H17F3N2O2. The van der Waals surface area contributed by atoms with E-state index in [0.29, 0.717) is 17.8 Å². The average molecular weight is 326 g/mol. The lowest BCUT2D eigenvalue weighted by atomic mass is 10.1. The van der Waals surface area contributed by atoms with Gasteiger partial charge in [-0.3, -0.25) is 9.48 Å². The van der Waals surface area contributed by atoms with Crippen LogP contribution in [-0.4, -0.2) is 15.7 Å². The lowest BCUT2D eigenvalue weighted by Crippen LogP contribution is -2.12. The van der Waals surface area contributed by atoms with Crippen molar-refractivity contribution in [1.29, 1.82) is 0 Å². The van der Waals surface area contributed by atoms with Gasteiger partial charge in [-0.2, -0.15) is 18.3 Å². The maximum absolute atomic E-state index is 12.5. The predicted octanol–water partition coefficient (Wildman–Crippen LogP) is 3.77. The van der Waals surface area contributed by atoms with E-state index >= 15 is 0 Å². The van der Waals surface area contributed by atoms with Crippen LogP contribution in [-0.2, 0) is 28.7 Å². The Morgan fingerprint density at radius 1 is 1.26 bits per heavy atom. The molecule has 0 fully saturated rings. The molecule has 0 radical (unpaired) electrons. The fourth-order valence-electron chi connectivity index (χ4n) is 2.07. The number of carbonyl (C=O) groups is 1. The number of benzene rings is 1. The van der Waals surface area contributed by atoms with Gasteiger partial charge in [-0.15, -0.1) is 0 Å². The van der Waals surface area contributed by atoms with Crippen LogP contribution < -0.4 is 0 Å². The van der Waals surface area contributed by atoms with E-state index in [4.69, 9.17) is 4.74 Å². The zero-order valence-corrected chi connectivity index (χ0v) is 12.8. The number of aryl methyl sites for hydroxylation is 1. The third-order valence-electron chi connectivity index (χ3n) is 3.36. The molecular weight excluding hydrogens is 309 g/mol. The number of alkyl halides is 3. The molecule has 0 aliphatic carbocycles. The van der Waals surface area contributed by atoms with E-state index in [2.05, 4.69) is 5.10 Å². The van der Waals surface area contributed by atoms with Crippen LogP contribution >= 0.6 is 0 Å². The molecule has 1 aromatic heterocycles. The Labute approximate surface area is 131 Å². The minimum Gasteiger partial charge on any atom is -0.457 e. The maximum Gasteiger partial charge on any atom is 0.416 e. The van der Waals surface area contributed by atoms with Gasteiger partial charge in [0.2, 0.25) is 0 Å². The molecule has 4 nitrogen and oxygen atoms in total. The average Bonchev–Trinajstić information content (AvgIpc) is 2.94. The number of hydrogen-bond acceptors (Lipinski definition) is 3. The van der Waals surface area contributed by atoms with Crippen LogP contribution in [0.25, 0.3) is 0 Å². The van der Waals surface area contributed by atoms with E-state index < -0.39 is 23.8 Å². The summed E-state index contributed by atoms with van der Waals surface area (Å²) in [6.45, 7) is 4.25. The monoisotopic (exact) mass is 326 g/mol. The van der Waals surface area contributed by atoms with Crippen molar-refractivity contribution in [3.8, 4) is 0 Å². The van der Waals surface area contributed by atoms with Gasteiger partial charge in [-0.05, 0) is 37.6 Å². The lowest BCUT2D eigenvalue weighted by molar-refractivity contribution is -0.148. The highest BCUT2D eigenvalue weighted by molar-refractivity contribution is 5.72. The first-order valence-electron chi connectivity index (χ1n) is 7.18. The molecule has 2 rings (SSSR count). The molecule has 2 aromatic rings. The molecule has 0 spiro atoms. The van der Waals surface area contributed by atoms with Crippen molar-refractivity contribution in [3.63, 3.8) is 0 Å². The Balaban J connectivity index is 1.95. The number of nitrogens with zero attached hydrogens (tertiary/aromatic N) is 2. The second-order valence-electron chi connectivity index (χ2n) is 5.09. The molecule has 0 saturated carbocycles. The fourth-order valence-corrected chi connectivity index (χ4v) is 2.07. The standard InChI is InChI=1S/C16H17F3N2O2/c1-3-21-9-8-14(20-21)10-15(22)23-11(2)12-4-6-13(7-5-12)16(17,18)19/h4-9,11H,3,10H2,1-2H3/t11-/m1/s1. The van der Waals surface area contributed by atoms with Crippen LogP contribution in [0.3, 0.4) is 0 Å². The van der Waals surface area contributed by atoms with Crippen molar-refractivity contribution in [2.75, 3.05) is 0 Å². The summed E-state index contributed by atoms with van der Waals surface area (Å²) in [5.74, 6) is -0.473. The zero-order valence-electron chi connectivity index (χ0n) is 12.8. The van der Waals surface area contributed by atoms with Crippen LogP contribution in [0.15, 0.2) is 36.5 Å². The Hall–Kier alpha value is -2.31. The van der Waals surface area contributed by atoms with E-state index in [1.165, 1.54) is 12.1 Å². The van der Waals surface area contributed by atoms with E-state index in [1.807, 2.05) is 6.92 Å².